The van der Waals surface area contributed by atoms with Crippen LogP contribution in [0.25, 0.3) is 0 Å². The van der Waals surface area contributed by atoms with E-state index in [4.69, 9.17) is 0 Å². The number of hydrogen-bond donors (Lipinski definition) is 1. The predicted octanol–water partition coefficient (Wildman–Crippen LogP) is 1.24. The van der Waals surface area contributed by atoms with Crippen molar-refractivity contribution in [1.82, 2.24) is 14.6 Å². The lowest BCUT2D eigenvalue weighted by Gasteiger charge is -2.47. The van der Waals surface area contributed by atoms with Gasteiger partial charge in [0.05, 0.1) is 0 Å². The minimum atomic E-state index is 0.274. The Bertz CT molecular complexity index is 507. The van der Waals surface area contributed by atoms with Crippen LogP contribution in [0.2, 0.25) is 5.82 Å². The molecule has 21 heavy (non-hydrogen) atoms. The molecule has 6 heteroatoms. The monoisotopic (exact) mass is 271 g/mol. The summed E-state index contributed by atoms with van der Waals surface area (Å²) in [5.41, 5.74) is 0. The Morgan fingerprint density at radius 2 is 1.10 bits per heavy atom. The van der Waals surface area contributed by atoms with Crippen molar-refractivity contribution in [1.29, 1.82) is 0 Å². The highest BCUT2D eigenvalue weighted by Crippen LogP contribution is 2.29. The second-order valence-electron chi connectivity index (χ2n) is 5.60. The Morgan fingerprint density at radius 1 is 0.667 bits per heavy atom. The zero-order valence-electron chi connectivity index (χ0n) is 11.8. The van der Waals surface area contributed by atoms with Gasteiger partial charge in [0.2, 0.25) is 0 Å². The molecule has 2 radical (unpaired) electrons. The molecule has 3 aliphatic carbocycles. The van der Waals surface area contributed by atoms with Crippen molar-refractivity contribution in [2.24, 2.45) is 0 Å². The van der Waals surface area contributed by atoms with Crippen LogP contribution in [0.4, 0.5) is 0 Å². The van der Waals surface area contributed by atoms with Gasteiger partial charge in [0.25, 0.3) is 15.1 Å². The number of nitrogens with one attached hydrogen (secondary N) is 1. The van der Waals surface area contributed by atoms with Gasteiger partial charge in [-0.05, 0) is 0 Å². The Balaban J connectivity index is 1.65. The van der Waals surface area contributed by atoms with Crippen molar-refractivity contribution in [3.8, 4) is 0 Å². The predicted molar refractivity (Wildman–Crippen MR) is 90.2 cm³/mol. The maximum atomic E-state index is 3.31. The summed E-state index contributed by atoms with van der Waals surface area (Å²) in [5.74, 6) is 0.393. The quantitative estimate of drug-likeness (QED) is 0.779. The molecule has 0 amide bonds. The molecule has 0 saturated carbocycles. The molecule has 0 aromatic carbocycles. The Hall–Kier alpha value is -1.49. The molecule has 0 unspecified atom stereocenters. The summed E-state index contributed by atoms with van der Waals surface area (Å²) in [6.45, 7) is 0.274. The van der Waals surface area contributed by atoms with Crippen LogP contribution in [0.3, 0.4) is 0 Å². The van der Waals surface area contributed by atoms with E-state index in [0.29, 0.717) is 17.9 Å². The van der Waals surface area contributed by atoms with Gasteiger partial charge in [-0.1, -0.05) is 72.9 Å². The lowest BCUT2D eigenvalue weighted by molar-refractivity contribution is 0.505. The van der Waals surface area contributed by atoms with Gasteiger partial charge in [0, 0.05) is 17.9 Å². The standard InChI is InChI=1S/C15H16B3N3/c1-2-8-13(7-1)18-20(14-9-3-4-10-14)16-19-17-21(18)15-11-5-6-12-15/h1-15,19H. The highest BCUT2D eigenvalue weighted by molar-refractivity contribution is 6.76. The van der Waals surface area contributed by atoms with Crippen molar-refractivity contribution in [3.05, 3.63) is 72.9 Å². The van der Waals surface area contributed by atoms with Gasteiger partial charge in [-0.3, -0.25) is 0 Å². The molecule has 1 fully saturated rings. The van der Waals surface area contributed by atoms with E-state index in [1.165, 1.54) is 0 Å². The third-order valence-electron chi connectivity index (χ3n) is 4.32. The average molecular weight is 271 g/mol. The topological polar surface area (TPSA) is 18.5 Å². The molecule has 100 valence electrons. The molecule has 4 aliphatic rings. The van der Waals surface area contributed by atoms with E-state index >= 15 is 0 Å². The van der Waals surface area contributed by atoms with Gasteiger partial charge >= 0.3 is 6.98 Å². The fraction of sp³-hybridized carbons (Fsp3) is 0.200. The van der Waals surface area contributed by atoms with Gasteiger partial charge in [-0.25, -0.2) is 0 Å². The van der Waals surface area contributed by atoms with Gasteiger partial charge in [-0.15, -0.1) is 0 Å². The Labute approximate surface area is 128 Å². The third kappa shape index (κ3) is 2.44. The lowest BCUT2D eigenvalue weighted by Crippen LogP contribution is -2.71. The fourth-order valence-electron chi connectivity index (χ4n) is 3.32. The van der Waals surface area contributed by atoms with Crippen LogP contribution in [-0.2, 0) is 0 Å². The van der Waals surface area contributed by atoms with Crippen molar-refractivity contribution < 1.29 is 0 Å². The SMILES string of the molecule is [B]1N[B]N(C2C=CC=C2)B(C2C=CC=C2)N1C1C=CC=C1. The first kappa shape index (κ1) is 13.2. The van der Waals surface area contributed by atoms with Crippen molar-refractivity contribution in [3.63, 3.8) is 0 Å². The number of nitrogens with zero attached hydrogens (tertiary/aromatic N) is 2. The summed E-state index contributed by atoms with van der Waals surface area (Å²) in [7, 11) is 4.18. The first-order valence-electron chi connectivity index (χ1n) is 7.46. The van der Waals surface area contributed by atoms with Gasteiger partial charge < -0.3 is 14.6 Å². The summed E-state index contributed by atoms with van der Waals surface area (Å²) in [4.78, 5) is 0. The molecule has 1 aliphatic heterocycles. The summed E-state index contributed by atoms with van der Waals surface area (Å²) >= 11 is 0. The smallest absolute Gasteiger partial charge is 0.302 e. The van der Waals surface area contributed by atoms with Crippen LogP contribution < -0.4 is 5.14 Å². The van der Waals surface area contributed by atoms with E-state index in [-0.39, 0.29) is 6.98 Å². The lowest BCUT2D eigenvalue weighted by atomic mass is 9.50. The largest absolute Gasteiger partial charge is 0.379 e. The van der Waals surface area contributed by atoms with Gasteiger partial charge in [-0.2, -0.15) is 0 Å². The first-order valence-corrected chi connectivity index (χ1v) is 7.46. The third-order valence-corrected chi connectivity index (χ3v) is 4.32. The Kier molecular flexibility index (Phi) is 3.59. The minimum Gasteiger partial charge on any atom is -0.379 e. The maximum absolute atomic E-state index is 3.31. The summed E-state index contributed by atoms with van der Waals surface area (Å²) in [6.07, 6.45) is 26.3. The maximum Gasteiger partial charge on any atom is 0.302 e. The molecule has 0 aromatic rings. The van der Waals surface area contributed by atoms with Crippen LogP contribution >= 0.6 is 0 Å². The summed E-state index contributed by atoms with van der Waals surface area (Å²) in [6, 6.07) is 0.630. The van der Waals surface area contributed by atoms with Crippen molar-refractivity contribution >= 4 is 22.1 Å². The molecule has 1 heterocycles. The van der Waals surface area contributed by atoms with E-state index in [1.807, 2.05) is 0 Å². The van der Waals surface area contributed by atoms with Gasteiger partial charge in [0.1, 0.15) is 0 Å². The molecule has 0 atom stereocenters. The van der Waals surface area contributed by atoms with Crippen LogP contribution in [0.15, 0.2) is 72.9 Å². The molecule has 0 bridgehead atoms. The number of hydrogen-bond acceptors (Lipinski definition) is 3. The zero-order valence-corrected chi connectivity index (χ0v) is 11.8. The molecule has 1 N–H and O–H groups in total. The van der Waals surface area contributed by atoms with E-state index < -0.39 is 0 Å². The van der Waals surface area contributed by atoms with Crippen LogP contribution in [0.5, 0.6) is 0 Å². The van der Waals surface area contributed by atoms with E-state index in [1.54, 1.807) is 0 Å². The van der Waals surface area contributed by atoms with Crippen molar-refractivity contribution in [2.75, 3.05) is 0 Å². The van der Waals surface area contributed by atoms with Crippen LogP contribution in [-0.4, -0.2) is 43.6 Å². The molecule has 1 saturated heterocycles. The highest BCUT2D eigenvalue weighted by Gasteiger charge is 2.43. The normalized spacial score (nSPS) is 26.4. The number of allylic oxidation sites excluding steroid dienone is 8. The fourth-order valence-corrected chi connectivity index (χ4v) is 3.32. The highest BCUT2D eigenvalue weighted by atomic mass is 15.3. The molecule has 0 aromatic heterocycles. The zero-order chi connectivity index (χ0) is 14.1. The average Bonchev–Trinajstić information content (AvgIpc) is 3.28. The van der Waals surface area contributed by atoms with E-state index in [9.17, 15) is 0 Å². The van der Waals surface area contributed by atoms with E-state index in [2.05, 4.69) is 103 Å². The van der Waals surface area contributed by atoms with Gasteiger partial charge in [0.15, 0.2) is 0 Å². The Morgan fingerprint density at radius 3 is 1.57 bits per heavy atom. The van der Waals surface area contributed by atoms with Crippen LogP contribution in [0, 0.1) is 0 Å². The molecule has 4 rings (SSSR count). The second kappa shape index (κ2) is 5.72. The minimum absolute atomic E-state index is 0.274. The molecular formula is C15H16B3N3. The summed E-state index contributed by atoms with van der Waals surface area (Å²) < 4.78 is 4.79. The molecule has 0 spiro atoms. The van der Waals surface area contributed by atoms with E-state index in [0.717, 1.165) is 0 Å². The molecule has 3 nitrogen and oxygen atoms in total. The van der Waals surface area contributed by atoms with Crippen molar-refractivity contribution in [2.45, 2.75) is 17.9 Å². The van der Waals surface area contributed by atoms with Crippen LogP contribution in [0.1, 0.15) is 0 Å². The first-order chi connectivity index (χ1) is 10.4. The summed E-state index contributed by atoms with van der Waals surface area (Å²) in [5, 5.41) is 3.31. The molecular weight excluding hydrogens is 255 g/mol. The number of rotatable bonds is 3. The second-order valence-corrected chi connectivity index (χ2v) is 5.60.